The molecule has 2 aliphatic heterocycles. The summed E-state index contributed by atoms with van der Waals surface area (Å²) in [5.74, 6) is 2.18. The first-order valence-electron chi connectivity index (χ1n) is 5.26. The van der Waals surface area contributed by atoms with Crippen molar-refractivity contribution in [2.45, 2.75) is 30.4 Å². The van der Waals surface area contributed by atoms with Gasteiger partial charge in [-0.05, 0) is 43.9 Å². The Morgan fingerprint density at radius 1 is 1.54 bits per heavy atom. The van der Waals surface area contributed by atoms with Gasteiger partial charge >= 0.3 is 0 Å². The molecule has 2 atom stereocenters. The summed E-state index contributed by atoms with van der Waals surface area (Å²) < 4.78 is 6.00. The quantitative estimate of drug-likeness (QED) is 0.737. The van der Waals surface area contributed by atoms with Crippen molar-refractivity contribution in [3.8, 4) is 0 Å². The lowest BCUT2D eigenvalue weighted by Gasteiger charge is -2.36. The number of hydrogen-bond acceptors (Lipinski definition) is 3. The van der Waals surface area contributed by atoms with E-state index in [-0.39, 0.29) is 0 Å². The van der Waals surface area contributed by atoms with Crippen LogP contribution in [0.15, 0.2) is 0 Å². The molecule has 2 fully saturated rings. The molecule has 0 aliphatic carbocycles. The third kappa shape index (κ3) is 2.20. The number of nitrogens with two attached hydrogens (primary N) is 1. The van der Waals surface area contributed by atoms with Gasteiger partial charge in [0.2, 0.25) is 0 Å². The van der Waals surface area contributed by atoms with Crippen LogP contribution in [0.25, 0.3) is 0 Å². The molecule has 0 amide bonds. The zero-order valence-corrected chi connectivity index (χ0v) is 8.94. The minimum atomic E-state index is 0.484. The van der Waals surface area contributed by atoms with Crippen LogP contribution in [-0.2, 0) is 4.74 Å². The maximum Gasteiger partial charge on any atom is 0.0614 e. The molecule has 2 unspecified atom stereocenters. The third-order valence-corrected chi connectivity index (χ3v) is 4.78. The zero-order chi connectivity index (χ0) is 9.15. The van der Waals surface area contributed by atoms with E-state index in [4.69, 9.17) is 10.5 Å². The fourth-order valence-corrected chi connectivity index (χ4v) is 4.11. The number of rotatable bonds is 2. The first kappa shape index (κ1) is 9.81. The highest BCUT2D eigenvalue weighted by Crippen LogP contribution is 2.45. The Labute approximate surface area is 84.6 Å². The van der Waals surface area contributed by atoms with Crippen LogP contribution in [0.5, 0.6) is 0 Å². The molecule has 2 rings (SSSR count). The molecule has 2 N–H and O–H groups in total. The fraction of sp³-hybridized carbons (Fsp3) is 1.00. The van der Waals surface area contributed by atoms with Crippen LogP contribution in [0.1, 0.15) is 25.7 Å². The van der Waals surface area contributed by atoms with E-state index in [9.17, 15) is 0 Å². The molecular weight excluding hydrogens is 182 g/mol. The van der Waals surface area contributed by atoms with Gasteiger partial charge in [0.1, 0.15) is 0 Å². The fourth-order valence-electron chi connectivity index (χ4n) is 2.47. The van der Waals surface area contributed by atoms with Gasteiger partial charge in [-0.15, -0.1) is 0 Å². The van der Waals surface area contributed by atoms with E-state index in [0.29, 0.717) is 4.75 Å². The largest absolute Gasteiger partial charge is 0.380 e. The van der Waals surface area contributed by atoms with Crippen LogP contribution < -0.4 is 5.73 Å². The van der Waals surface area contributed by atoms with Crippen LogP contribution in [-0.4, -0.2) is 30.3 Å². The first-order chi connectivity index (χ1) is 6.35. The lowest BCUT2D eigenvalue weighted by atomic mass is 9.88. The van der Waals surface area contributed by atoms with Crippen molar-refractivity contribution in [2.24, 2.45) is 11.7 Å². The highest BCUT2D eigenvalue weighted by Gasteiger charge is 2.39. The van der Waals surface area contributed by atoms with Crippen LogP contribution >= 0.6 is 11.8 Å². The summed E-state index contributed by atoms with van der Waals surface area (Å²) in [7, 11) is 0. The summed E-state index contributed by atoms with van der Waals surface area (Å²) >= 11 is 2.14. The second kappa shape index (κ2) is 4.20. The van der Waals surface area contributed by atoms with E-state index in [1.165, 1.54) is 31.4 Å². The Morgan fingerprint density at radius 2 is 2.46 bits per heavy atom. The van der Waals surface area contributed by atoms with Crippen LogP contribution in [0.4, 0.5) is 0 Å². The molecule has 3 heteroatoms. The average Bonchev–Trinajstić information content (AvgIpc) is 2.54. The SMILES string of the molecule is NCCC1CCSC2(CCOC2)C1. The second-order valence-electron chi connectivity index (χ2n) is 4.27. The minimum absolute atomic E-state index is 0.484. The van der Waals surface area contributed by atoms with E-state index < -0.39 is 0 Å². The number of ether oxygens (including phenoxy) is 1. The maximum absolute atomic E-state index is 5.61. The molecule has 2 nitrogen and oxygen atoms in total. The molecule has 0 aromatic rings. The molecule has 76 valence electrons. The highest BCUT2D eigenvalue weighted by molar-refractivity contribution is 8.00. The van der Waals surface area contributed by atoms with Gasteiger partial charge in [0, 0.05) is 11.4 Å². The highest BCUT2D eigenvalue weighted by atomic mass is 32.2. The van der Waals surface area contributed by atoms with E-state index >= 15 is 0 Å². The van der Waals surface area contributed by atoms with Crippen LogP contribution in [0, 0.1) is 5.92 Å². The van der Waals surface area contributed by atoms with Crippen molar-refractivity contribution in [1.82, 2.24) is 0 Å². The Hall–Kier alpha value is 0.270. The normalized spacial score (nSPS) is 39.9. The van der Waals surface area contributed by atoms with Gasteiger partial charge in [-0.25, -0.2) is 0 Å². The summed E-state index contributed by atoms with van der Waals surface area (Å²) in [5, 5.41) is 0. The minimum Gasteiger partial charge on any atom is -0.380 e. The van der Waals surface area contributed by atoms with E-state index in [2.05, 4.69) is 11.8 Å². The smallest absolute Gasteiger partial charge is 0.0614 e. The van der Waals surface area contributed by atoms with Gasteiger partial charge in [-0.2, -0.15) is 11.8 Å². The van der Waals surface area contributed by atoms with Gasteiger partial charge in [-0.3, -0.25) is 0 Å². The Kier molecular flexibility index (Phi) is 3.17. The van der Waals surface area contributed by atoms with Crippen molar-refractivity contribution in [3.63, 3.8) is 0 Å². The van der Waals surface area contributed by atoms with Gasteiger partial charge in [0.25, 0.3) is 0 Å². The van der Waals surface area contributed by atoms with Gasteiger partial charge < -0.3 is 10.5 Å². The molecule has 2 heterocycles. The molecule has 0 saturated carbocycles. The van der Waals surface area contributed by atoms with Crippen molar-refractivity contribution >= 4 is 11.8 Å². The summed E-state index contributed by atoms with van der Waals surface area (Å²) in [6.07, 6.45) is 5.18. The zero-order valence-electron chi connectivity index (χ0n) is 8.13. The summed E-state index contributed by atoms with van der Waals surface area (Å²) in [5.41, 5.74) is 5.61. The maximum atomic E-state index is 5.61. The molecule has 1 spiro atoms. The second-order valence-corrected chi connectivity index (χ2v) is 5.83. The Morgan fingerprint density at radius 3 is 3.15 bits per heavy atom. The monoisotopic (exact) mass is 201 g/mol. The molecule has 0 radical (unpaired) electrons. The molecule has 2 aliphatic rings. The summed E-state index contributed by atoms with van der Waals surface area (Å²) in [4.78, 5) is 0. The predicted octanol–water partition coefficient (Wildman–Crippen LogP) is 1.64. The van der Waals surface area contributed by atoms with Gasteiger partial charge in [0.05, 0.1) is 6.61 Å². The van der Waals surface area contributed by atoms with Crippen LogP contribution in [0.3, 0.4) is 0 Å². The summed E-state index contributed by atoms with van der Waals surface area (Å²) in [6.45, 7) is 2.81. The lowest BCUT2D eigenvalue weighted by molar-refractivity contribution is 0.184. The summed E-state index contributed by atoms with van der Waals surface area (Å²) in [6, 6.07) is 0. The van der Waals surface area contributed by atoms with Crippen molar-refractivity contribution in [3.05, 3.63) is 0 Å². The van der Waals surface area contributed by atoms with E-state index in [0.717, 1.165) is 25.7 Å². The molecule has 13 heavy (non-hydrogen) atoms. The lowest BCUT2D eigenvalue weighted by Crippen LogP contribution is -2.33. The van der Waals surface area contributed by atoms with Gasteiger partial charge in [-0.1, -0.05) is 0 Å². The number of thioether (sulfide) groups is 1. The molecule has 0 bridgehead atoms. The van der Waals surface area contributed by atoms with E-state index in [1.807, 2.05) is 0 Å². The van der Waals surface area contributed by atoms with E-state index in [1.54, 1.807) is 0 Å². The molecular formula is C10H19NOS. The standard InChI is InChI=1S/C10H19NOS/c11-4-1-9-2-6-13-10(7-9)3-5-12-8-10/h9H,1-8,11H2. The Bertz CT molecular complexity index is 166. The van der Waals surface area contributed by atoms with Gasteiger partial charge in [0.15, 0.2) is 0 Å². The molecule has 2 saturated heterocycles. The Balaban J connectivity index is 1.90. The third-order valence-electron chi connectivity index (χ3n) is 3.24. The van der Waals surface area contributed by atoms with Crippen molar-refractivity contribution in [1.29, 1.82) is 0 Å². The molecule has 0 aromatic carbocycles. The van der Waals surface area contributed by atoms with Crippen molar-refractivity contribution < 1.29 is 4.74 Å². The van der Waals surface area contributed by atoms with Crippen molar-refractivity contribution in [2.75, 3.05) is 25.5 Å². The number of hydrogen-bond donors (Lipinski definition) is 1. The average molecular weight is 201 g/mol. The topological polar surface area (TPSA) is 35.2 Å². The first-order valence-corrected chi connectivity index (χ1v) is 6.25. The van der Waals surface area contributed by atoms with Crippen LogP contribution in [0.2, 0.25) is 0 Å². The molecule has 0 aromatic heterocycles. The predicted molar refractivity (Wildman–Crippen MR) is 57.0 cm³/mol.